The molecule has 1 atom stereocenters. The Morgan fingerprint density at radius 2 is 1.78 bits per heavy atom. The molecule has 1 N–H and O–H groups in total. The Balaban J connectivity index is 2.01. The molecule has 8 heteroatoms. The first-order chi connectivity index (χ1) is 10.5. The number of rotatable bonds is 4. The third kappa shape index (κ3) is 5.69. The first kappa shape index (κ1) is 18.1. The Labute approximate surface area is 130 Å². The van der Waals surface area contributed by atoms with Crippen molar-refractivity contribution in [3.63, 3.8) is 0 Å². The van der Waals surface area contributed by atoms with Crippen molar-refractivity contribution in [1.29, 1.82) is 0 Å². The average molecular weight is 340 g/mol. The van der Waals surface area contributed by atoms with E-state index in [1.54, 1.807) is 25.1 Å². The number of nitrogens with zero attached hydrogens (tertiary/aromatic N) is 1. The van der Waals surface area contributed by atoms with Crippen LogP contribution in [0.3, 0.4) is 0 Å². The van der Waals surface area contributed by atoms with Crippen LogP contribution in [0.5, 0.6) is 0 Å². The van der Waals surface area contributed by atoms with E-state index in [1.807, 2.05) is 0 Å². The quantitative estimate of drug-likeness (QED) is 0.842. The summed E-state index contributed by atoms with van der Waals surface area (Å²) in [5, 5.41) is 2.32. The molecule has 1 aliphatic rings. The van der Waals surface area contributed by atoms with Gasteiger partial charge >= 0.3 is 12.4 Å². The third-order valence-electron chi connectivity index (χ3n) is 3.82. The van der Waals surface area contributed by atoms with Crippen LogP contribution in [0.25, 0.3) is 0 Å². The minimum atomic E-state index is -4.26. The van der Waals surface area contributed by atoms with Gasteiger partial charge in [-0.25, -0.2) is 0 Å². The van der Waals surface area contributed by atoms with Gasteiger partial charge in [-0.3, -0.25) is 4.90 Å². The lowest BCUT2D eigenvalue weighted by Crippen LogP contribution is -2.43. The van der Waals surface area contributed by atoms with Crippen molar-refractivity contribution in [1.82, 2.24) is 10.2 Å². The number of halogens is 6. The van der Waals surface area contributed by atoms with E-state index in [-0.39, 0.29) is 19.1 Å². The molecule has 1 unspecified atom stereocenters. The van der Waals surface area contributed by atoms with Crippen LogP contribution in [-0.4, -0.2) is 36.4 Å². The van der Waals surface area contributed by atoms with Crippen molar-refractivity contribution in [2.45, 2.75) is 44.8 Å². The average Bonchev–Trinajstić information content (AvgIpc) is 2.36. The molecule has 0 aliphatic carbocycles. The summed E-state index contributed by atoms with van der Waals surface area (Å²) >= 11 is 0. The minimum Gasteiger partial charge on any atom is -0.305 e. The zero-order valence-corrected chi connectivity index (χ0v) is 12.6. The molecule has 0 bridgehead atoms. The van der Waals surface area contributed by atoms with E-state index in [1.165, 1.54) is 4.90 Å². The summed E-state index contributed by atoms with van der Waals surface area (Å²) in [5.74, 6) is 0. The van der Waals surface area contributed by atoms with Gasteiger partial charge in [0.15, 0.2) is 0 Å². The second-order valence-electron chi connectivity index (χ2n) is 5.90. The Morgan fingerprint density at radius 1 is 1.09 bits per heavy atom. The highest BCUT2D eigenvalue weighted by Crippen LogP contribution is 2.27. The van der Waals surface area contributed by atoms with Gasteiger partial charge in [-0.15, -0.1) is 0 Å². The van der Waals surface area contributed by atoms with Crippen LogP contribution in [0.1, 0.15) is 23.6 Å². The molecule has 0 saturated carbocycles. The van der Waals surface area contributed by atoms with Crippen LogP contribution in [0.2, 0.25) is 0 Å². The van der Waals surface area contributed by atoms with Crippen LogP contribution in [0.15, 0.2) is 18.2 Å². The van der Waals surface area contributed by atoms with Crippen LogP contribution in [-0.2, 0) is 19.5 Å². The second-order valence-corrected chi connectivity index (χ2v) is 5.90. The van der Waals surface area contributed by atoms with Crippen LogP contribution < -0.4 is 5.32 Å². The topological polar surface area (TPSA) is 15.3 Å². The van der Waals surface area contributed by atoms with E-state index in [0.29, 0.717) is 12.0 Å². The molecule has 0 aromatic heterocycles. The highest BCUT2D eigenvalue weighted by atomic mass is 19.4. The predicted molar refractivity (Wildman–Crippen MR) is 73.8 cm³/mol. The molecule has 0 radical (unpaired) electrons. The fourth-order valence-electron chi connectivity index (χ4n) is 2.75. The highest BCUT2D eigenvalue weighted by molar-refractivity contribution is 5.34. The lowest BCUT2D eigenvalue weighted by atomic mass is 9.93. The molecule has 0 saturated heterocycles. The standard InChI is InChI=1S/C15H18F6N2/c1-10-4-13-5-11(6-22-8-14(16,17)18)2-3-12(13)7-23(10)9-15(19,20)21/h2-3,5,10,22H,4,6-9H2,1H3. The largest absolute Gasteiger partial charge is 0.401 e. The Bertz CT molecular complexity index is 538. The van der Waals surface area contributed by atoms with Gasteiger partial charge < -0.3 is 5.32 Å². The molecule has 0 spiro atoms. The summed E-state index contributed by atoms with van der Waals surface area (Å²) in [6.45, 7) is -0.0225. The van der Waals surface area contributed by atoms with Gasteiger partial charge in [0.25, 0.3) is 0 Å². The first-order valence-electron chi connectivity index (χ1n) is 7.22. The highest BCUT2D eigenvalue weighted by Gasteiger charge is 2.34. The summed E-state index contributed by atoms with van der Waals surface area (Å²) in [6, 6.07) is 4.88. The maximum Gasteiger partial charge on any atom is 0.401 e. The molecule has 2 nitrogen and oxygen atoms in total. The van der Waals surface area contributed by atoms with Gasteiger partial charge in [-0.2, -0.15) is 26.3 Å². The van der Waals surface area contributed by atoms with Crippen molar-refractivity contribution in [2.75, 3.05) is 13.1 Å². The predicted octanol–water partition coefficient (Wildman–Crippen LogP) is 3.65. The lowest BCUT2D eigenvalue weighted by Gasteiger charge is -2.35. The first-order valence-corrected chi connectivity index (χ1v) is 7.22. The zero-order chi connectivity index (χ0) is 17.3. The third-order valence-corrected chi connectivity index (χ3v) is 3.82. The summed E-state index contributed by atoms with van der Waals surface area (Å²) in [5.41, 5.74) is 2.40. The summed E-state index contributed by atoms with van der Waals surface area (Å²) in [4.78, 5) is 1.36. The Morgan fingerprint density at radius 3 is 2.39 bits per heavy atom. The molecule has 130 valence electrons. The summed E-state index contributed by atoms with van der Waals surface area (Å²) in [7, 11) is 0. The van der Waals surface area contributed by atoms with Crippen molar-refractivity contribution < 1.29 is 26.3 Å². The number of hydrogen-bond donors (Lipinski definition) is 1. The van der Waals surface area contributed by atoms with Gasteiger partial charge in [0.2, 0.25) is 0 Å². The molecule has 1 aliphatic heterocycles. The fourth-order valence-corrected chi connectivity index (χ4v) is 2.75. The molecular weight excluding hydrogens is 322 g/mol. The van der Waals surface area contributed by atoms with E-state index in [2.05, 4.69) is 5.32 Å². The number of benzene rings is 1. The number of alkyl halides is 6. The van der Waals surface area contributed by atoms with E-state index < -0.39 is 25.4 Å². The van der Waals surface area contributed by atoms with Crippen LogP contribution >= 0.6 is 0 Å². The van der Waals surface area contributed by atoms with Crippen molar-refractivity contribution >= 4 is 0 Å². The van der Waals surface area contributed by atoms with E-state index in [9.17, 15) is 26.3 Å². The maximum absolute atomic E-state index is 12.5. The molecule has 0 fully saturated rings. The van der Waals surface area contributed by atoms with Gasteiger partial charge in [-0.05, 0) is 30.0 Å². The van der Waals surface area contributed by atoms with Crippen molar-refractivity contribution in [3.05, 3.63) is 34.9 Å². The van der Waals surface area contributed by atoms with Crippen LogP contribution in [0, 0.1) is 0 Å². The molecule has 0 amide bonds. The van der Waals surface area contributed by atoms with E-state index in [0.717, 1.165) is 11.1 Å². The molecular formula is C15H18F6N2. The summed E-state index contributed by atoms with van der Waals surface area (Å²) in [6.07, 6.45) is -8.05. The molecule has 1 heterocycles. The van der Waals surface area contributed by atoms with Gasteiger partial charge in [-0.1, -0.05) is 18.2 Å². The maximum atomic E-state index is 12.5. The molecule has 1 aromatic carbocycles. The second kappa shape index (κ2) is 6.68. The monoisotopic (exact) mass is 340 g/mol. The summed E-state index contributed by atoms with van der Waals surface area (Å²) < 4.78 is 73.9. The molecule has 1 aromatic rings. The lowest BCUT2D eigenvalue weighted by molar-refractivity contribution is -0.152. The SMILES string of the molecule is CC1Cc2cc(CNCC(F)(F)F)ccc2CN1CC(F)(F)F. The van der Waals surface area contributed by atoms with Crippen molar-refractivity contribution in [3.8, 4) is 0 Å². The number of fused-ring (bicyclic) bond motifs is 1. The van der Waals surface area contributed by atoms with Gasteiger partial charge in [0, 0.05) is 19.1 Å². The zero-order valence-electron chi connectivity index (χ0n) is 12.6. The number of nitrogens with one attached hydrogen (secondary N) is 1. The Kier molecular flexibility index (Phi) is 5.25. The molecule has 2 rings (SSSR count). The van der Waals surface area contributed by atoms with E-state index in [4.69, 9.17) is 0 Å². The smallest absolute Gasteiger partial charge is 0.305 e. The number of hydrogen-bond acceptors (Lipinski definition) is 2. The molecule has 23 heavy (non-hydrogen) atoms. The van der Waals surface area contributed by atoms with Crippen LogP contribution in [0.4, 0.5) is 26.3 Å². The fraction of sp³-hybridized carbons (Fsp3) is 0.600. The normalized spacial score (nSPS) is 19.7. The van der Waals surface area contributed by atoms with Gasteiger partial charge in [0.1, 0.15) is 0 Å². The van der Waals surface area contributed by atoms with E-state index >= 15 is 0 Å². The van der Waals surface area contributed by atoms with Crippen molar-refractivity contribution in [2.24, 2.45) is 0 Å². The minimum absolute atomic E-state index is 0.0768. The Hall–Kier alpha value is -1.28. The van der Waals surface area contributed by atoms with Gasteiger partial charge in [0.05, 0.1) is 13.1 Å².